The van der Waals surface area contributed by atoms with E-state index in [1.54, 1.807) is 12.1 Å². The minimum atomic E-state index is 0.179. The second kappa shape index (κ2) is 6.28. The van der Waals surface area contributed by atoms with Gasteiger partial charge in [-0.2, -0.15) is 0 Å². The standard InChI is InChI=1S/C16H20Cl2O/c1-10-6-7-12(8-11(10)2)16(19)9-13-14(17)4-3-5-15(13)18/h3-5,10-12H,6-9H2,1-2H3. The zero-order valence-corrected chi connectivity index (χ0v) is 13.0. The number of ketones is 1. The van der Waals surface area contributed by atoms with E-state index in [9.17, 15) is 4.79 Å². The Bertz CT molecular complexity index is 450. The number of hydrogen-bond donors (Lipinski definition) is 0. The summed E-state index contributed by atoms with van der Waals surface area (Å²) in [5.41, 5.74) is 0.780. The molecule has 1 aromatic rings. The Kier molecular flexibility index (Phi) is 4.92. The fraction of sp³-hybridized carbons (Fsp3) is 0.562. The molecule has 0 N–H and O–H groups in total. The van der Waals surface area contributed by atoms with E-state index in [1.165, 1.54) is 0 Å². The maximum absolute atomic E-state index is 12.4. The third-order valence-corrected chi connectivity index (χ3v) is 5.17. The quantitative estimate of drug-likeness (QED) is 0.752. The molecule has 1 aromatic carbocycles. The molecule has 0 saturated heterocycles. The Morgan fingerprint density at radius 2 is 1.79 bits per heavy atom. The summed E-state index contributed by atoms with van der Waals surface area (Å²) < 4.78 is 0. The molecular formula is C16H20Cl2O. The van der Waals surface area contributed by atoms with Gasteiger partial charge in [0.15, 0.2) is 0 Å². The molecule has 0 aromatic heterocycles. The van der Waals surface area contributed by atoms with Crippen molar-refractivity contribution in [2.24, 2.45) is 17.8 Å². The highest BCUT2D eigenvalue weighted by molar-refractivity contribution is 6.36. The molecule has 0 bridgehead atoms. The van der Waals surface area contributed by atoms with Crippen molar-refractivity contribution in [3.05, 3.63) is 33.8 Å². The van der Waals surface area contributed by atoms with Gasteiger partial charge < -0.3 is 0 Å². The van der Waals surface area contributed by atoms with Crippen molar-refractivity contribution in [2.75, 3.05) is 0 Å². The summed E-state index contributed by atoms with van der Waals surface area (Å²) >= 11 is 12.3. The third kappa shape index (κ3) is 3.52. The molecule has 0 heterocycles. The molecule has 19 heavy (non-hydrogen) atoms. The van der Waals surface area contributed by atoms with Crippen molar-refractivity contribution in [3.8, 4) is 0 Å². The van der Waals surface area contributed by atoms with Crippen LogP contribution in [0.1, 0.15) is 38.7 Å². The molecule has 1 nitrogen and oxygen atoms in total. The molecule has 1 saturated carbocycles. The van der Waals surface area contributed by atoms with Gasteiger partial charge in [-0.15, -0.1) is 0 Å². The Balaban J connectivity index is 2.05. The molecule has 2 rings (SSSR count). The van der Waals surface area contributed by atoms with Gasteiger partial charge in [0.05, 0.1) is 0 Å². The maximum atomic E-state index is 12.4. The summed E-state index contributed by atoms with van der Waals surface area (Å²) in [5.74, 6) is 1.82. The van der Waals surface area contributed by atoms with E-state index >= 15 is 0 Å². The molecular weight excluding hydrogens is 279 g/mol. The van der Waals surface area contributed by atoms with Crippen molar-refractivity contribution >= 4 is 29.0 Å². The molecule has 0 spiro atoms. The highest BCUT2D eigenvalue weighted by Gasteiger charge is 2.29. The first kappa shape index (κ1) is 14.9. The van der Waals surface area contributed by atoms with E-state index in [0.717, 1.165) is 30.7 Å². The molecule has 0 aliphatic heterocycles. The van der Waals surface area contributed by atoms with Gasteiger partial charge in [-0.05, 0) is 48.8 Å². The first-order chi connectivity index (χ1) is 8.99. The number of carbonyl (C=O) groups is 1. The van der Waals surface area contributed by atoms with Crippen molar-refractivity contribution in [2.45, 2.75) is 39.5 Å². The summed E-state index contributed by atoms with van der Waals surface area (Å²) in [7, 11) is 0. The summed E-state index contributed by atoms with van der Waals surface area (Å²) in [6.07, 6.45) is 3.52. The SMILES string of the molecule is CC1CCC(C(=O)Cc2c(Cl)cccc2Cl)CC1C. The van der Waals surface area contributed by atoms with Crippen LogP contribution in [0.4, 0.5) is 0 Å². The summed E-state index contributed by atoms with van der Waals surface area (Å²) in [4.78, 5) is 12.4. The average Bonchev–Trinajstić information content (AvgIpc) is 2.37. The van der Waals surface area contributed by atoms with Crippen LogP contribution in [0.3, 0.4) is 0 Å². The molecule has 1 fully saturated rings. The highest BCUT2D eigenvalue weighted by Crippen LogP contribution is 2.35. The van der Waals surface area contributed by atoms with Crippen molar-refractivity contribution in [1.82, 2.24) is 0 Å². The number of Topliss-reactive ketones (excluding diaryl/α,β-unsaturated/α-hetero) is 1. The third-order valence-electron chi connectivity index (χ3n) is 4.47. The molecule has 3 heteroatoms. The highest BCUT2D eigenvalue weighted by atomic mass is 35.5. The predicted molar refractivity (Wildman–Crippen MR) is 80.8 cm³/mol. The lowest BCUT2D eigenvalue weighted by Gasteiger charge is -2.31. The van der Waals surface area contributed by atoms with Gasteiger partial charge in [0.2, 0.25) is 0 Å². The summed E-state index contributed by atoms with van der Waals surface area (Å²) in [6, 6.07) is 5.40. The van der Waals surface area contributed by atoms with Crippen LogP contribution in [-0.2, 0) is 11.2 Å². The van der Waals surface area contributed by atoms with Crippen molar-refractivity contribution < 1.29 is 4.79 Å². The van der Waals surface area contributed by atoms with E-state index in [-0.39, 0.29) is 11.7 Å². The van der Waals surface area contributed by atoms with Gasteiger partial charge in [-0.3, -0.25) is 4.79 Å². The van der Waals surface area contributed by atoms with Crippen LogP contribution >= 0.6 is 23.2 Å². The number of hydrogen-bond acceptors (Lipinski definition) is 1. The van der Waals surface area contributed by atoms with Gasteiger partial charge >= 0.3 is 0 Å². The van der Waals surface area contributed by atoms with E-state index in [1.807, 2.05) is 6.07 Å². The van der Waals surface area contributed by atoms with Crippen LogP contribution < -0.4 is 0 Å². The normalized spacial score (nSPS) is 27.3. The minimum Gasteiger partial charge on any atom is -0.299 e. The second-order valence-corrected chi connectivity index (χ2v) is 6.62. The van der Waals surface area contributed by atoms with Crippen LogP contribution in [0, 0.1) is 17.8 Å². The first-order valence-corrected chi connectivity index (χ1v) is 7.70. The lowest BCUT2D eigenvalue weighted by molar-refractivity contribution is -0.123. The number of halogens is 2. The minimum absolute atomic E-state index is 0.179. The van der Waals surface area contributed by atoms with Crippen LogP contribution in [0.15, 0.2) is 18.2 Å². The molecule has 3 atom stereocenters. The predicted octanol–water partition coefficient (Wildman–Crippen LogP) is 5.18. The van der Waals surface area contributed by atoms with Gasteiger partial charge in [0.1, 0.15) is 5.78 Å². The van der Waals surface area contributed by atoms with Crippen LogP contribution in [-0.4, -0.2) is 5.78 Å². The smallest absolute Gasteiger partial charge is 0.140 e. The van der Waals surface area contributed by atoms with Crippen molar-refractivity contribution in [1.29, 1.82) is 0 Å². The Morgan fingerprint density at radius 1 is 1.16 bits per heavy atom. The zero-order chi connectivity index (χ0) is 14.0. The van der Waals surface area contributed by atoms with Gasteiger partial charge in [-0.1, -0.05) is 43.1 Å². The van der Waals surface area contributed by atoms with E-state index in [2.05, 4.69) is 13.8 Å². The van der Waals surface area contributed by atoms with E-state index in [4.69, 9.17) is 23.2 Å². The lowest BCUT2D eigenvalue weighted by atomic mass is 9.73. The average molecular weight is 299 g/mol. The molecule has 0 radical (unpaired) electrons. The Labute approximate surface area is 125 Å². The molecule has 1 aliphatic rings. The molecule has 0 amide bonds. The number of carbonyl (C=O) groups excluding carboxylic acids is 1. The fourth-order valence-corrected chi connectivity index (χ4v) is 3.39. The van der Waals surface area contributed by atoms with E-state index < -0.39 is 0 Å². The number of rotatable bonds is 3. The molecule has 104 valence electrons. The Hall–Kier alpha value is -0.530. The fourth-order valence-electron chi connectivity index (χ4n) is 2.86. The van der Waals surface area contributed by atoms with Gasteiger partial charge in [-0.25, -0.2) is 0 Å². The summed E-state index contributed by atoms with van der Waals surface area (Å²) in [5, 5.41) is 1.19. The van der Waals surface area contributed by atoms with Crippen LogP contribution in [0.25, 0.3) is 0 Å². The molecule has 1 aliphatic carbocycles. The monoisotopic (exact) mass is 298 g/mol. The summed E-state index contributed by atoms with van der Waals surface area (Å²) in [6.45, 7) is 4.52. The lowest BCUT2D eigenvalue weighted by Crippen LogP contribution is -2.27. The zero-order valence-electron chi connectivity index (χ0n) is 11.5. The Morgan fingerprint density at radius 3 is 2.37 bits per heavy atom. The topological polar surface area (TPSA) is 17.1 Å². The van der Waals surface area contributed by atoms with Crippen LogP contribution in [0.2, 0.25) is 10.0 Å². The largest absolute Gasteiger partial charge is 0.299 e. The number of benzene rings is 1. The molecule has 3 unspecified atom stereocenters. The maximum Gasteiger partial charge on any atom is 0.140 e. The van der Waals surface area contributed by atoms with Gasteiger partial charge in [0, 0.05) is 22.4 Å². The first-order valence-electron chi connectivity index (χ1n) is 6.94. The van der Waals surface area contributed by atoms with Crippen molar-refractivity contribution in [3.63, 3.8) is 0 Å². The van der Waals surface area contributed by atoms with Crippen LogP contribution in [0.5, 0.6) is 0 Å². The van der Waals surface area contributed by atoms with E-state index in [0.29, 0.717) is 22.4 Å². The second-order valence-electron chi connectivity index (χ2n) is 5.81. The van der Waals surface area contributed by atoms with Gasteiger partial charge in [0.25, 0.3) is 0 Å².